The summed E-state index contributed by atoms with van der Waals surface area (Å²) in [6, 6.07) is 9.42. The van der Waals surface area contributed by atoms with E-state index >= 15 is 0 Å². The summed E-state index contributed by atoms with van der Waals surface area (Å²) in [4.78, 5) is 16.0. The number of benzene rings is 2. The molecular formula is C17H14F2N2O2S. The molecule has 4 nitrogen and oxygen atoms in total. The van der Waals surface area contributed by atoms with Gasteiger partial charge in [0, 0.05) is 12.5 Å². The number of thiazole rings is 1. The highest BCUT2D eigenvalue weighted by Gasteiger charge is 2.12. The Bertz CT molecular complexity index is 878. The molecule has 0 fully saturated rings. The van der Waals surface area contributed by atoms with Gasteiger partial charge in [-0.3, -0.25) is 4.79 Å². The highest BCUT2D eigenvalue weighted by atomic mass is 32.1. The lowest BCUT2D eigenvalue weighted by molar-refractivity contribution is -0.116. The third-order valence-electron chi connectivity index (χ3n) is 3.46. The van der Waals surface area contributed by atoms with Crippen molar-refractivity contribution >= 4 is 32.6 Å². The van der Waals surface area contributed by atoms with E-state index in [1.54, 1.807) is 7.11 Å². The number of aryl methyl sites for hydroxylation is 1. The van der Waals surface area contributed by atoms with Crippen LogP contribution >= 0.6 is 11.3 Å². The second kappa shape index (κ2) is 6.92. The summed E-state index contributed by atoms with van der Waals surface area (Å²) in [5.41, 5.74) is 1.07. The number of methoxy groups -OCH3 is 1. The zero-order valence-electron chi connectivity index (χ0n) is 12.8. The summed E-state index contributed by atoms with van der Waals surface area (Å²) >= 11 is 1.04. The molecule has 1 heterocycles. The van der Waals surface area contributed by atoms with Crippen molar-refractivity contribution in [2.75, 3.05) is 12.4 Å². The number of halogens is 2. The summed E-state index contributed by atoms with van der Waals surface area (Å²) in [5.74, 6) is -0.876. The van der Waals surface area contributed by atoms with E-state index in [2.05, 4.69) is 10.3 Å². The Hall–Kier alpha value is -2.54. The molecule has 2 aromatic carbocycles. The monoisotopic (exact) mass is 348 g/mol. The van der Waals surface area contributed by atoms with Crippen LogP contribution < -0.4 is 10.1 Å². The molecule has 124 valence electrons. The van der Waals surface area contributed by atoms with Gasteiger partial charge in [0.05, 0.1) is 11.8 Å². The number of fused-ring (bicyclic) bond motifs is 1. The summed E-state index contributed by atoms with van der Waals surface area (Å²) in [7, 11) is 1.59. The van der Waals surface area contributed by atoms with Crippen molar-refractivity contribution in [3.8, 4) is 5.75 Å². The maximum Gasteiger partial charge on any atom is 0.226 e. The molecule has 0 unspecified atom stereocenters. The Morgan fingerprint density at radius 2 is 2.00 bits per heavy atom. The van der Waals surface area contributed by atoms with Crippen LogP contribution in [0.15, 0.2) is 36.4 Å². The van der Waals surface area contributed by atoms with Gasteiger partial charge in [0.15, 0.2) is 10.9 Å². The topological polar surface area (TPSA) is 51.2 Å². The molecule has 1 aromatic heterocycles. The van der Waals surface area contributed by atoms with Gasteiger partial charge < -0.3 is 10.1 Å². The largest absolute Gasteiger partial charge is 0.497 e. The van der Waals surface area contributed by atoms with Crippen LogP contribution in [0.5, 0.6) is 5.75 Å². The molecule has 3 rings (SSSR count). The molecule has 0 spiro atoms. The number of ether oxygens (including phenoxy) is 1. The lowest BCUT2D eigenvalue weighted by Crippen LogP contribution is -2.12. The van der Waals surface area contributed by atoms with Crippen LogP contribution in [-0.4, -0.2) is 18.0 Å². The number of carbonyl (C=O) groups excluding carboxylic acids is 1. The molecule has 0 aliphatic rings. The number of nitrogens with zero attached hydrogens (tertiary/aromatic N) is 1. The summed E-state index contributed by atoms with van der Waals surface area (Å²) < 4.78 is 32.2. The number of rotatable bonds is 5. The molecule has 0 radical (unpaired) electrons. The fourth-order valence-electron chi connectivity index (χ4n) is 2.24. The van der Waals surface area contributed by atoms with E-state index in [9.17, 15) is 13.6 Å². The first-order valence-corrected chi connectivity index (χ1v) is 8.05. The molecule has 1 amide bonds. The van der Waals surface area contributed by atoms with Gasteiger partial charge in [-0.05, 0) is 30.2 Å². The molecule has 1 N–H and O–H groups in total. The van der Waals surface area contributed by atoms with Gasteiger partial charge in [-0.25, -0.2) is 13.8 Å². The van der Waals surface area contributed by atoms with Crippen LogP contribution in [-0.2, 0) is 11.2 Å². The Morgan fingerprint density at radius 3 is 2.71 bits per heavy atom. The first-order valence-electron chi connectivity index (χ1n) is 7.23. The maximum absolute atomic E-state index is 13.6. The van der Waals surface area contributed by atoms with E-state index in [-0.39, 0.29) is 23.0 Å². The summed E-state index contributed by atoms with van der Waals surface area (Å²) in [6.07, 6.45) is 0.822. The fourth-order valence-corrected chi connectivity index (χ4v) is 3.16. The van der Waals surface area contributed by atoms with Crippen molar-refractivity contribution in [2.24, 2.45) is 0 Å². The Balaban J connectivity index is 1.63. The van der Waals surface area contributed by atoms with Gasteiger partial charge in [0.2, 0.25) is 5.91 Å². The first kappa shape index (κ1) is 16.3. The molecule has 0 bridgehead atoms. The lowest BCUT2D eigenvalue weighted by atomic mass is 10.1. The highest BCUT2D eigenvalue weighted by molar-refractivity contribution is 7.22. The molecule has 0 saturated heterocycles. The molecule has 0 aliphatic heterocycles. The highest BCUT2D eigenvalue weighted by Crippen LogP contribution is 2.28. The normalized spacial score (nSPS) is 10.8. The lowest BCUT2D eigenvalue weighted by Gasteiger charge is -2.03. The fraction of sp³-hybridized carbons (Fsp3) is 0.176. The molecule has 7 heteroatoms. The smallest absolute Gasteiger partial charge is 0.226 e. The minimum Gasteiger partial charge on any atom is -0.497 e. The first-order chi connectivity index (χ1) is 11.5. The van der Waals surface area contributed by atoms with Crippen LogP contribution in [0.25, 0.3) is 10.2 Å². The van der Waals surface area contributed by atoms with Crippen LogP contribution in [0.2, 0.25) is 0 Å². The summed E-state index contributed by atoms with van der Waals surface area (Å²) in [5, 5.41) is 2.88. The number of nitrogens with one attached hydrogen (secondary N) is 1. The molecule has 0 aliphatic carbocycles. The maximum atomic E-state index is 13.6. The predicted molar refractivity (Wildman–Crippen MR) is 89.5 cm³/mol. The third-order valence-corrected chi connectivity index (χ3v) is 4.38. The van der Waals surface area contributed by atoms with Crippen LogP contribution in [0.4, 0.5) is 13.9 Å². The van der Waals surface area contributed by atoms with E-state index in [1.165, 1.54) is 6.07 Å². The predicted octanol–water partition coefficient (Wildman–Crippen LogP) is 4.15. The van der Waals surface area contributed by atoms with E-state index in [1.807, 2.05) is 24.3 Å². The van der Waals surface area contributed by atoms with Gasteiger partial charge in [-0.1, -0.05) is 23.5 Å². The van der Waals surface area contributed by atoms with Crippen molar-refractivity contribution < 1.29 is 18.3 Å². The van der Waals surface area contributed by atoms with E-state index in [4.69, 9.17) is 4.74 Å². The van der Waals surface area contributed by atoms with Crippen LogP contribution in [0.1, 0.15) is 12.0 Å². The van der Waals surface area contributed by atoms with Crippen molar-refractivity contribution in [3.05, 3.63) is 53.6 Å². The molecule has 3 aromatic rings. The average Bonchev–Trinajstić information content (AvgIpc) is 2.96. The van der Waals surface area contributed by atoms with Crippen LogP contribution in [0.3, 0.4) is 0 Å². The number of aromatic nitrogens is 1. The van der Waals surface area contributed by atoms with Crippen molar-refractivity contribution in [1.29, 1.82) is 0 Å². The SMILES string of the molecule is COc1ccc(CCC(=O)Nc2nc3c(F)cc(F)cc3s2)cc1. The third kappa shape index (κ3) is 3.68. The van der Waals surface area contributed by atoms with Crippen molar-refractivity contribution in [2.45, 2.75) is 12.8 Å². The Kier molecular flexibility index (Phi) is 4.71. The number of hydrogen-bond donors (Lipinski definition) is 1. The van der Waals surface area contributed by atoms with Gasteiger partial charge >= 0.3 is 0 Å². The Labute approximate surface area is 141 Å². The van der Waals surface area contributed by atoms with Crippen molar-refractivity contribution in [3.63, 3.8) is 0 Å². The summed E-state index contributed by atoms with van der Waals surface area (Å²) in [6.45, 7) is 0. The zero-order valence-corrected chi connectivity index (χ0v) is 13.6. The molecule has 24 heavy (non-hydrogen) atoms. The van der Waals surface area contributed by atoms with Crippen LogP contribution in [0, 0.1) is 11.6 Å². The van der Waals surface area contributed by atoms with Gasteiger partial charge in [0.25, 0.3) is 0 Å². The standard InChI is InChI=1S/C17H14F2N2O2S/c1-23-12-5-2-10(3-6-12)4-7-15(22)20-17-21-16-13(19)8-11(18)9-14(16)24-17/h2-3,5-6,8-9H,4,7H2,1H3,(H,20,21,22). The molecule has 0 atom stereocenters. The number of anilines is 1. The molecule has 0 saturated carbocycles. The second-order valence-electron chi connectivity index (χ2n) is 5.15. The minimum absolute atomic E-state index is 0.0619. The van der Waals surface area contributed by atoms with Gasteiger partial charge in [0.1, 0.15) is 17.1 Å². The number of hydrogen-bond acceptors (Lipinski definition) is 4. The molecular weight excluding hydrogens is 334 g/mol. The van der Waals surface area contributed by atoms with E-state index < -0.39 is 11.6 Å². The quantitative estimate of drug-likeness (QED) is 0.753. The zero-order chi connectivity index (χ0) is 17.1. The van der Waals surface area contributed by atoms with E-state index in [0.29, 0.717) is 11.1 Å². The Morgan fingerprint density at radius 1 is 1.25 bits per heavy atom. The van der Waals surface area contributed by atoms with Gasteiger partial charge in [-0.15, -0.1) is 0 Å². The van der Waals surface area contributed by atoms with E-state index in [0.717, 1.165) is 28.7 Å². The second-order valence-corrected chi connectivity index (χ2v) is 6.18. The number of amides is 1. The van der Waals surface area contributed by atoms with Gasteiger partial charge in [-0.2, -0.15) is 0 Å². The number of carbonyl (C=O) groups is 1. The minimum atomic E-state index is -0.736. The average molecular weight is 348 g/mol. The van der Waals surface area contributed by atoms with Crippen molar-refractivity contribution in [1.82, 2.24) is 4.98 Å².